The highest BCUT2D eigenvalue weighted by Crippen LogP contribution is 1.86. The number of carbonyl (C=O) groups excluding carboxylic acids is 1. The summed E-state index contributed by atoms with van der Waals surface area (Å²) >= 11 is 0. The van der Waals surface area contributed by atoms with Gasteiger partial charge in [0.15, 0.2) is 0 Å². The smallest absolute Gasteiger partial charge is 0.237 e. The van der Waals surface area contributed by atoms with Gasteiger partial charge in [-0.1, -0.05) is 6.08 Å². The van der Waals surface area contributed by atoms with Crippen LogP contribution in [0, 0.1) is 0 Å². The second-order valence-corrected chi connectivity index (χ2v) is 3.67. The van der Waals surface area contributed by atoms with Crippen molar-refractivity contribution in [1.29, 1.82) is 0 Å². The molecule has 2 N–H and O–H groups in total. The van der Waals surface area contributed by atoms with E-state index in [0.717, 1.165) is 13.0 Å². The Morgan fingerprint density at radius 3 is 2.82 bits per heavy atom. The molecule has 0 rings (SSSR count). The van der Waals surface area contributed by atoms with Crippen molar-refractivity contribution in [3.8, 4) is 0 Å². The summed E-state index contributed by atoms with van der Waals surface area (Å²) in [4.78, 5) is 11.4. The van der Waals surface area contributed by atoms with Gasteiger partial charge in [0.2, 0.25) is 5.91 Å². The SMILES string of the molecule is C=CCNC(=O)C(C)NCCCOCCOC. The lowest BCUT2D eigenvalue weighted by atomic mass is 10.3. The summed E-state index contributed by atoms with van der Waals surface area (Å²) in [6.45, 7) is 8.56. The Bertz CT molecular complexity index is 210. The van der Waals surface area contributed by atoms with Gasteiger partial charge in [-0.05, 0) is 19.9 Å². The Morgan fingerprint density at radius 1 is 1.41 bits per heavy atom. The van der Waals surface area contributed by atoms with Gasteiger partial charge in [0.25, 0.3) is 0 Å². The normalized spacial score (nSPS) is 12.1. The van der Waals surface area contributed by atoms with Gasteiger partial charge < -0.3 is 20.1 Å². The van der Waals surface area contributed by atoms with Crippen LogP contribution in [0.25, 0.3) is 0 Å². The van der Waals surface area contributed by atoms with Gasteiger partial charge in [-0.2, -0.15) is 0 Å². The number of hydrogen-bond donors (Lipinski definition) is 2. The topological polar surface area (TPSA) is 59.6 Å². The first-order valence-electron chi connectivity index (χ1n) is 5.91. The summed E-state index contributed by atoms with van der Waals surface area (Å²) in [5.41, 5.74) is 0. The van der Waals surface area contributed by atoms with Crippen LogP contribution in [0.2, 0.25) is 0 Å². The molecule has 1 atom stereocenters. The highest BCUT2D eigenvalue weighted by Gasteiger charge is 2.09. The monoisotopic (exact) mass is 244 g/mol. The van der Waals surface area contributed by atoms with E-state index >= 15 is 0 Å². The molecule has 0 aliphatic heterocycles. The summed E-state index contributed by atoms with van der Waals surface area (Å²) in [6, 6.07) is -0.186. The largest absolute Gasteiger partial charge is 0.382 e. The van der Waals surface area contributed by atoms with Crippen molar-refractivity contribution < 1.29 is 14.3 Å². The number of amides is 1. The zero-order chi connectivity index (χ0) is 12.9. The van der Waals surface area contributed by atoms with E-state index in [9.17, 15) is 4.79 Å². The second kappa shape index (κ2) is 11.6. The van der Waals surface area contributed by atoms with Crippen LogP contribution in [-0.4, -0.2) is 52.0 Å². The number of rotatable bonds is 11. The third-order valence-corrected chi connectivity index (χ3v) is 2.16. The fourth-order valence-corrected chi connectivity index (χ4v) is 1.16. The summed E-state index contributed by atoms with van der Waals surface area (Å²) in [7, 11) is 1.65. The van der Waals surface area contributed by atoms with Crippen LogP contribution in [-0.2, 0) is 14.3 Å². The molecule has 100 valence electrons. The van der Waals surface area contributed by atoms with Gasteiger partial charge in [-0.3, -0.25) is 4.79 Å². The number of nitrogens with one attached hydrogen (secondary N) is 2. The second-order valence-electron chi connectivity index (χ2n) is 3.67. The molecule has 17 heavy (non-hydrogen) atoms. The van der Waals surface area contributed by atoms with Crippen molar-refractivity contribution in [2.45, 2.75) is 19.4 Å². The first kappa shape index (κ1) is 16.1. The predicted molar refractivity (Wildman–Crippen MR) is 68.0 cm³/mol. The van der Waals surface area contributed by atoms with E-state index in [4.69, 9.17) is 9.47 Å². The van der Waals surface area contributed by atoms with Crippen LogP contribution >= 0.6 is 0 Å². The van der Waals surface area contributed by atoms with E-state index in [1.54, 1.807) is 13.2 Å². The van der Waals surface area contributed by atoms with E-state index in [-0.39, 0.29) is 11.9 Å². The van der Waals surface area contributed by atoms with E-state index in [1.807, 2.05) is 6.92 Å². The molecule has 5 heteroatoms. The maximum Gasteiger partial charge on any atom is 0.237 e. The number of carbonyl (C=O) groups is 1. The first-order valence-corrected chi connectivity index (χ1v) is 5.91. The highest BCUT2D eigenvalue weighted by molar-refractivity contribution is 5.81. The quantitative estimate of drug-likeness (QED) is 0.406. The molecule has 0 heterocycles. The lowest BCUT2D eigenvalue weighted by molar-refractivity contribution is -0.122. The molecule has 0 aromatic heterocycles. The molecule has 0 aliphatic rings. The Labute approximate surface area is 104 Å². The average Bonchev–Trinajstić information content (AvgIpc) is 2.34. The molecular weight excluding hydrogens is 220 g/mol. The minimum absolute atomic E-state index is 0.00907. The highest BCUT2D eigenvalue weighted by atomic mass is 16.5. The fraction of sp³-hybridized carbons (Fsp3) is 0.750. The van der Waals surface area contributed by atoms with Gasteiger partial charge in [-0.25, -0.2) is 0 Å². The molecule has 0 radical (unpaired) electrons. The summed E-state index contributed by atoms with van der Waals surface area (Å²) in [5, 5.41) is 5.86. The lowest BCUT2D eigenvalue weighted by Crippen LogP contribution is -2.42. The molecule has 0 saturated heterocycles. The molecule has 5 nitrogen and oxygen atoms in total. The van der Waals surface area contributed by atoms with Gasteiger partial charge in [-0.15, -0.1) is 6.58 Å². The standard InChI is InChI=1S/C12H24N2O3/c1-4-6-14-12(15)11(2)13-7-5-8-17-10-9-16-3/h4,11,13H,1,5-10H2,2-3H3,(H,14,15). The number of methoxy groups -OCH3 is 1. The van der Waals surface area contributed by atoms with Crippen molar-refractivity contribution in [1.82, 2.24) is 10.6 Å². The Hall–Kier alpha value is -0.910. The van der Waals surface area contributed by atoms with Gasteiger partial charge in [0, 0.05) is 20.3 Å². The van der Waals surface area contributed by atoms with Crippen molar-refractivity contribution >= 4 is 5.91 Å². The molecule has 0 aromatic rings. The lowest BCUT2D eigenvalue weighted by Gasteiger charge is -2.13. The van der Waals surface area contributed by atoms with Crippen molar-refractivity contribution in [3.63, 3.8) is 0 Å². The molecule has 0 fully saturated rings. The summed E-state index contributed by atoms with van der Waals surface area (Å²) in [5.74, 6) is -0.00907. The Balaban J connectivity index is 3.34. The van der Waals surface area contributed by atoms with Gasteiger partial charge in [0.05, 0.1) is 19.3 Å². The summed E-state index contributed by atoms with van der Waals surface area (Å²) in [6.07, 6.45) is 2.54. The molecule has 0 bridgehead atoms. The Kier molecular flexibility index (Phi) is 11.0. The van der Waals surface area contributed by atoms with Crippen molar-refractivity contribution in [3.05, 3.63) is 12.7 Å². The van der Waals surface area contributed by atoms with E-state index < -0.39 is 0 Å². The van der Waals surface area contributed by atoms with Gasteiger partial charge in [0.1, 0.15) is 0 Å². The third kappa shape index (κ3) is 9.99. The number of ether oxygens (including phenoxy) is 2. The van der Waals surface area contributed by atoms with Crippen molar-refractivity contribution in [2.24, 2.45) is 0 Å². The molecule has 0 saturated carbocycles. The maximum atomic E-state index is 11.4. The van der Waals surface area contributed by atoms with E-state index in [1.165, 1.54) is 0 Å². The van der Waals surface area contributed by atoms with Crippen LogP contribution in [0.4, 0.5) is 0 Å². The first-order chi connectivity index (χ1) is 8.22. The molecule has 1 unspecified atom stereocenters. The van der Waals surface area contributed by atoms with Crippen LogP contribution in [0.3, 0.4) is 0 Å². The molecule has 1 amide bonds. The van der Waals surface area contributed by atoms with Crippen LogP contribution in [0.5, 0.6) is 0 Å². The zero-order valence-corrected chi connectivity index (χ0v) is 10.8. The van der Waals surface area contributed by atoms with Crippen LogP contribution < -0.4 is 10.6 Å². The molecule has 0 spiro atoms. The maximum absolute atomic E-state index is 11.4. The zero-order valence-electron chi connectivity index (χ0n) is 10.8. The third-order valence-electron chi connectivity index (χ3n) is 2.16. The number of hydrogen-bond acceptors (Lipinski definition) is 4. The van der Waals surface area contributed by atoms with E-state index in [0.29, 0.717) is 26.4 Å². The average molecular weight is 244 g/mol. The Morgan fingerprint density at radius 2 is 2.18 bits per heavy atom. The minimum atomic E-state index is -0.186. The summed E-state index contributed by atoms with van der Waals surface area (Å²) < 4.78 is 10.2. The van der Waals surface area contributed by atoms with E-state index in [2.05, 4.69) is 17.2 Å². The fourth-order valence-electron chi connectivity index (χ4n) is 1.16. The molecule has 0 aromatic carbocycles. The van der Waals surface area contributed by atoms with Crippen LogP contribution in [0.1, 0.15) is 13.3 Å². The van der Waals surface area contributed by atoms with Gasteiger partial charge >= 0.3 is 0 Å². The molecule has 0 aliphatic carbocycles. The van der Waals surface area contributed by atoms with Crippen molar-refractivity contribution in [2.75, 3.05) is 40.0 Å². The van der Waals surface area contributed by atoms with Crippen LogP contribution in [0.15, 0.2) is 12.7 Å². The predicted octanol–water partition coefficient (Wildman–Crippen LogP) is 0.320. The minimum Gasteiger partial charge on any atom is -0.382 e. The molecular formula is C12H24N2O3.